The van der Waals surface area contributed by atoms with E-state index in [1.165, 1.54) is 5.56 Å². The molecule has 3 heteroatoms. The van der Waals surface area contributed by atoms with Gasteiger partial charge in [0.1, 0.15) is 5.75 Å². The minimum absolute atomic E-state index is 0.134. The Bertz CT molecular complexity index is 426. The molecule has 0 bridgehead atoms. The Morgan fingerprint density at radius 1 is 1.41 bits per heavy atom. The van der Waals surface area contributed by atoms with E-state index in [9.17, 15) is 0 Å². The van der Waals surface area contributed by atoms with Gasteiger partial charge in [0, 0.05) is 5.56 Å². The van der Waals surface area contributed by atoms with Gasteiger partial charge < -0.3 is 15.2 Å². The molecule has 0 saturated heterocycles. The van der Waals surface area contributed by atoms with E-state index >= 15 is 0 Å². The highest BCUT2D eigenvalue weighted by Gasteiger charge is 2.18. The van der Waals surface area contributed by atoms with E-state index in [4.69, 9.17) is 15.2 Å². The maximum atomic E-state index is 6.29. The average Bonchev–Trinajstić information content (AvgIpc) is 2.39. The highest BCUT2D eigenvalue weighted by molar-refractivity contribution is 5.42. The molecule has 17 heavy (non-hydrogen) atoms. The molecular weight excluding hydrogens is 214 g/mol. The molecule has 1 atom stereocenters. The third-order valence-electron chi connectivity index (χ3n) is 3.08. The first-order valence-electron chi connectivity index (χ1n) is 5.93. The van der Waals surface area contributed by atoms with Crippen LogP contribution < -0.4 is 10.5 Å². The van der Waals surface area contributed by atoms with Gasteiger partial charge in [0.05, 0.1) is 26.0 Å². The van der Waals surface area contributed by atoms with Gasteiger partial charge in [-0.05, 0) is 31.4 Å². The maximum absolute atomic E-state index is 6.29. The lowest BCUT2D eigenvalue weighted by Gasteiger charge is -2.22. The van der Waals surface area contributed by atoms with Crippen molar-refractivity contribution >= 4 is 0 Å². The summed E-state index contributed by atoms with van der Waals surface area (Å²) in [6.07, 6.45) is 3.84. The fourth-order valence-electron chi connectivity index (χ4n) is 2.11. The van der Waals surface area contributed by atoms with Crippen LogP contribution in [-0.2, 0) is 4.74 Å². The van der Waals surface area contributed by atoms with Gasteiger partial charge in [-0.3, -0.25) is 0 Å². The lowest BCUT2D eigenvalue weighted by molar-refractivity contribution is 0.221. The molecule has 1 aromatic carbocycles. The second-order valence-corrected chi connectivity index (χ2v) is 4.39. The van der Waals surface area contributed by atoms with E-state index in [-0.39, 0.29) is 6.04 Å². The molecule has 0 fully saturated rings. The number of methoxy groups -OCH3 is 1. The number of hydrogen-bond donors (Lipinski definition) is 1. The molecule has 1 unspecified atom stereocenters. The highest BCUT2D eigenvalue weighted by Crippen LogP contribution is 2.32. The van der Waals surface area contributed by atoms with Crippen molar-refractivity contribution < 1.29 is 9.47 Å². The zero-order valence-corrected chi connectivity index (χ0v) is 10.4. The van der Waals surface area contributed by atoms with Gasteiger partial charge in [-0.1, -0.05) is 17.7 Å². The number of rotatable bonds is 3. The van der Waals surface area contributed by atoms with Crippen LogP contribution in [0.4, 0.5) is 0 Å². The molecule has 0 aliphatic carbocycles. The molecular formula is C14H19NO2. The van der Waals surface area contributed by atoms with Gasteiger partial charge in [-0.2, -0.15) is 0 Å². The summed E-state index contributed by atoms with van der Waals surface area (Å²) in [7, 11) is 1.67. The molecule has 0 spiro atoms. The number of nitrogens with two attached hydrogens (primary N) is 1. The van der Waals surface area contributed by atoms with E-state index in [0.29, 0.717) is 0 Å². The molecule has 2 N–H and O–H groups in total. The van der Waals surface area contributed by atoms with Crippen molar-refractivity contribution in [2.75, 3.05) is 13.7 Å². The van der Waals surface area contributed by atoms with Crippen LogP contribution in [0.5, 0.6) is 5.75 Å². The number of ether oxygens (including phenoxy) is 2. The van der Waals surface area contributed by atoms with Crippen molar-refractivity contribution in [2.45, 2.75) is 25.8 Å². The lowest BCUT2D eigenvalue weighted by atomic mass is 9.94. The fraction of sp³-hybridized carbons (Fsp3) is 0.429. The molecule has 92 valence electrons. The van der Waals surface area contributed by atoms with Gasteiger partial charge in [-0.25, -0.2) is 0 Å². The minimum atomic E-state index is -0.134. The Hall–Kier alpha value is -1.48. The second-order valence-electron chi connectivity index (χ2n) is 4.39. The van der Waals surface area contributed by atoms with Gasteiger partial charge >= 0.3 is 0 Å². The summed E-state index contributed by atoms with van der Waals surface area (Å²) < 4.78 is 10.7. The van der Waals surface area contributed by atoms with Crippen molar-refractivity contribution in [1.29, 1.82) is 0 Å². The molecule has 1 aliphatic rings. The SMILES string of the molecule is COc1ccc(C)cc1C(N)C1=COCCC1. The van der Waals surface area contributed by atoms with E-state index < -0.39 is 0 Å². The molecule has 0 saturated carbocycles. The van der Waals surface area contributed by atoms with E-state index in [1.807, 2.05) is 12.1 Å². The Labute approximate surface area is 102 Å². The van der Waals surface area contributed by atoms with Gasteiger partial charge in [0.25, 0.3) is 0 Å². The van der Waals surface area contributed by atoms with Gasteiger partial charge in [0.2, 0.25) is 0 Å². The number of hydrogen-bond acceptors (Lipinski definition) is 3. The highest BCUT2D eigenvalue weighted by atomic mass is 16.5. The van der Waals surface area contributed by atoms with Crippen LogP contribution >= 0.6 is 0 Å². The molecule has 1 aromatic rings. The Morgan fingerprint density at radius 2 is 2.24 bits per heavy atom. The van der Waals surface area contributed by atoms with Crippen LogP contribution in [0, 0.1) is 6.92 Å². The van der Waals surface area contributed by atoms with Crippen molar-refractivity contribution in [3.8, 4) is 5.75 Å². The fourth-order valence-corrected chi connectivity index (χ4v) is 2.11. The first-order chi connectivity index (χ1) is 8.22. The molecule has 1 heterocycles. The van der Waals surface area contributed by atoms with E-state index in [2.05, 4.69) is 13.0 Å². The molecule has 0 radical (unpaired) electrons. The summed E-state index contributed by atoms with van der Waals surface area (Å²) in [4.78, 5) is 0. The number of aryl methyl sites for hydroxylation is 1. The van der Waals surface area contributed by atoms with Crippen LogP contribution in [0.2, 0.25) is 0 Å². The molecule has 2 rings (SSSR count). The number of benzene rings is 1. The molecule has 1 aliphatic heterocycles. The van der Waals surface area contributed by atoms with Crippen molar-refractivity contribution in [1.82, 2.24) is 0 Å². The third-order valence-corrected chi connectivity index (χ3v) is 3.08. The van der Waals surface area contributed by atoms with Gasteiger partial charge in [0.15, 0.2) is 0 Å². The molecule has 0 amide bonds. The summed E-state index contributed by atoms with van der Waals surface area (Å²) in [5.41, 5.74) is 9.65. The first kappa shape index (κ1) is 12.0. The van der Waals surface area contributed by atoms with Crippen molar-refractivity contribution in [3.05, 3.63) is 41.2 Å². The largest absolute Gasteiger partial charge is 0.501 e. The maximum Gasteiger partial charge on any atom is 0.123 e. The molecule has 3 nitrogen and oxygen atoms in total. The van der Waals surface area contributed by atoms with Crippen LogP contribution in [0.3, 0.4) is 0 Å². The summed E-state index contributed by atoms with van der Waals surface area (Å²) >= 11 is 0. The second kappa shape index (κ2) is 5.23. The van der Waals surface area contributed by atoms with Crippen LogP contribution in [0.1, 0.15) is 30.0 Å². The van der Waals surface area contributed by atoms with E-state index in [1.54, 1.807) is 13.4 Å². The topological polar surface area (TPSA) is 44.5 Å². The van der Waals surface area contributed by atoms with Crippen molar-refractivity contribution in [2.24, 2.45) is 5.73 Å². The summed E-state index contributed by atoms with van der Waals surface area (Å²) in [5, 5.41) is 0. The third kappa shape index (κ3) is 2.61. The van der Waals surface area contributed by atoms with Crippen LogP contribution in [-0.4, -0.2) is 13.7 Å². The monoisotopic (exact) mass is 233 g/mol. The normalized spacial score (nSPS) is 17.0. The summed E-state index contributed by atoms with van der Waals surface area (Å²) in [6.45, 7) is 2.85. The minimum Gasteiger partial charge on any atom is -0.501 e. The van der Waals surface area contributed by atoms with Crippen LogP contribution in [0.15, 0.2) is 30.0 Å². The zero-order chi connectivity index (χ0) is 12.3. The quantitative estimate of drug-likeness (QED) is 0.873. The zero-order valence-electron chi connectivity index (χ0n) is 10.4. The average molecular weight is 233 g/mol. The van der Waals surface area contributed by atoms with Crippen molar-refractivity contribution in [3.63, 3.8) is 0 Å². The predicted octanol–water partition coefficient (Wildman–Crippen LogP) is 2.70. The van der Waals surface area contributed by atoms with Gasteiger partial charge in [-0.15, -0.1) is 0 Å². The predicted molar refractivity (Wildman–Crippen MR) is 67.9 cm³/mol. The van der Waals surface area contributed by atoms with Crippen LogP contribution in [0.25, 0.3) is 0 Å². The summed E-state index contributed by atoms with van der Waals surface area (Å²) in [5.74, 6) is 0.842. The Morgan fingerprint density at radius 3 is 2.88 bits per heavy atom. The summed E-state index contributed by atoms with van der Waals surface area (Å²) in [6, 6.07) is 5.94. The Kier molecular flexibility index (Phi) is 3.69. The smallest absolute Gasteiger partial charge is 0.123 e. The first-order valence-corrected chi connectivity index (χ1v) is 5.93. The Balaban J connectivity index is 2.31. The lowest BCUT2D eigenvalue weighted by Crippen LogP contribution is -2.17. The standard InChI is InChI=1S/C14H19NO2/c1-10-5-6-13(16-2)12(8-10)14(15)11-4-3-7-17-9-11/h5-6,8-9,14H,3-4,7,15H2,1-2H3. The molecule has 0 aromatic heterocycles. The van der Waals surface area contributed by atoms with E-state index in [0.717, 1.165) is 36.3 Å².